The first-order chi connectivity index (χ1) is 13.3. The number of benzene rings is 1. The highest BCUT2D eigenvalue weighted by atomic mass is 32.2. The minimum atomic E-state index is -0.178. The van der Waals surface area contributed by atoms with Gasteiger partial charge in [0.2, 0.25) is 5.91 Å². The van der Waals surface area contributed by atoms with Gasteiger partial charge in [0.25, 0.3) is 0 Å². The molecule has 1 N–H and O–H groups in total. The standard InChI is InChI=1S/C21H25N3O2S/c25-21(24-20-7-10-22-14-23-20)19(13-15-8-11-26-12-9-15)16-1-3-17(4-2-16)27-18-5-6-18/h1-4,7,10,14-15,18-19H,5-6,8-9,11-13H2,(H,22,23,24,25). The first-order valence-corrected chi connectivity index (χ1v) is 10.6. The van der Waals surface area contributed by atoms with Crippen molar-refractivity contribution in [3.8, 4) is 0 Å². The average Bonchev–Trinajstić information content (AvgIpc) is 3.52. The summed E-state index contributed by atoms with van der Waals surface area (Å²) >= 11 is 1.94. The van der Waals surface area contributed by atoms with Gasteiger partial charge in [0.15, 0.2) is 0 Å². The van der Waals surface area contributed by atoms with E-state index in [1.807, 2.05) is 11.8 Å². The maximum Gasteiger partial charge on any atom is 0.233 e. The Morgan fingerprint density at radius 1 is 1.15 bits per heavy atom. The molecule has 1 aromatic heterocycles. The maximum atomic E-state index is 13.1. The lowest BCUT2D eigenvalue weighted by Gasteiger charge is -2.26. The second kappa shape index (κ2) is 8.85. The van der Waals surface area contributed by atoms with E-state index in [1.54, 1.807) is 12.3 Å². The molecule has 4 rings (SSSR count). The van der Waals surface area contributed by atoms with E-state index < -0.39 is 0 Å². The summed E-state index contributed by atoms with van der Waals surface area (Å²) in [4.78, 5) is 22.4. The number of hydrogen-bond acceptors (Lipinski definition) is 5. The van der Waals surface area contributed by atoms with Crippen molar-refractivity contribution in [2.75, 3.05) is 18.5 Å². The SMILES string of the molecule is O=C(Nc1ccncn1)C(CC1CCOCC1)c1ccc(SC2CC2)cc1. The van der Waals surface area contributed by atoms with Crippen molar-refractivity contribution in [3.05, 3.63) is 48.4 Å². The molecule has 27 heavy (non-hydrogen) atoms. The average molecular weight is 384 g/mol. The minimum Gasteiger partial charge on any atom is -0.381 e. The lowest BCUT2D eigenvalue weighted by molar-refractivity contribution is -0.118. The Labute approximate surface area is 164 Å². The van der Waals surface area contributed by atoms with E-state index in [2.05, 4.69) is 39.6 Å². The van der Waals surface area contributed by atoms with Crippen LogP contribution < -0.4 is 5.32 Å². The van der Waals surface area contributed by atoms with Gasteiger partial charge in [0.05, 0.1) is 5.92 Å². The Morgan fingerprint density at radius 2 is 1.93 bits per heavy atom. The second-order valence-corrected chi connectivity index (χ2v) is 8.69. The van der Waals surface area contributed by atoms with Gasteiger partial charge in [-0.1, -0.05) is 12.1 Å². The number of amides is 1. The maximum absolute atomic E-state index is 13.1. The van der Waals surface area contributed by atoms with Gasteiger partial charge in [-0.15, -0.1) is 11.8 Å². The predicted molar refractivity (Wildman–Crippen MR) is 107 cm³/mol. The van der Waals surface area contributed by atoms with E-state index in [1.165, 1.54) is 24.1 Å². The van der Waals surface area contributed by atoms with Gasteiger partial charge in [0, 0.05) is 29.6 Å². The third-order valence-corrected chi connectivity index (χ3v) is 6.52. The molecule has 0 radical (unpaired) electrons. The van der Waals surface area contributed by atoms with Gasteiger partial charge in [-0.2, -0.15) is 0 Å². The van der Waals surface area contributed by atoms with Crippen molar-refractivity contribution in [3.63, 3.8) is 0 Å². The summed E-state index contributed by atoms with van der Waals surface area (Å²) in [6.45, 7) is 1.59. The number of aromatic nitrogens is 2. The van der Waals surface area contributed by atoms with E-state index in [4.69, 9.17) is 4.74 Å². The van der Waals surface area contributed by atoms with Crippen LogP contribution in [0.4, 0.5) is 5.82 Å². The van der Waals surface area contributed by atoms with Crippen LogP contribution in [-0.4, -0.2) is 34.3 Å². The van der Waals surface area contributed by atoms with Crippen LogP contribution in [-0.2, 0) is 9.53 Å². The number of rotatable bonds is 7. The molecule has 0 spiro atoms. The number of carbonyl (C=O) groups excluding carboxylic acids is 1. The molecule has 1 unspecified atom stereocenters. The van der Waals surface area contributed by atoms with Crippen LogP contribution in [0.15, 0.2) is 47.8 Å². The number of nitrogens with zero attached hydrogens (tertiary/aromatic N) is 2. The lowest BCUT2D eigenvalue weighted by atomic mass is 9.84. The van der Waals surface area contributed by atoms with Crippen molar-refractivity contribution < 1.29 is 9.53 Å². The molecule has 2 heterocycles. The Hall–Kier alpha value is -1.92. The highest BCUT2D eigenvalue weighted by Gasteiger charge is 2.27. The first-order valence-electron chi connectivity index (χ1n) is 9.69. The number of anilines is 1. The van der Waals surface area contributed by atoms with Gasteiger partial charge in [-0.05, 0) is 61.8 Å². The van der Waals surface area contributed by atoms with E-state index >= 15 is 0 Å². The number of hydrogen-bond donors (Lipinski definition) is 1. The molecule has 6 heteroatoms. The van der Waals surface area contributed by atoms with Gasteiger partial charge in [-0.3, -0.25) is 4.79 Å². The Kier molecular flexibility index (Phi) is 6.04. The molecule has 142 valence electrons. The molecule has 1 atom stereocenters. The highest BCUT2D eigenvalue weighted by molar-refractivity contribution is 8.00. The zero-order valence-corrected chi connectivity index (χ0v) is 16.2. The molecule has 1 aliphatic heterocycles. The van der Waals surface area contributed by atoms with Crippen LogP contribution in [0.1, 0.15) is 43.6 Å². The van der Waals surface area contributed by atoms with Crippen LogP contribution in [0.25, 0.3) is 0 Å². The smallest absolute Gasteiger partial charge is 0.233 e. The van der Waals surface area contributed by atoms with Crippen molar-refractivity contribution in [2.24, 2.45) is 5.92 Å². The van der Waals surface area contributed by atoms with Gasteiger partial charge >= 0.3 is 0 Å². The second-order valence-electron chi connectivity index (χ2n) is 7.31. The lowest BCUT2D eigenvalue weighted by Crippen LogP contribution is -2.26. The summed E-state index contributed by atoms with van der Waals surface area (Å²) in [6.07, 6.45) is 8.61. The highest BCUT2D eigenvalue weighted by Crippen LogP contribution is 2.39. The predicted octanol–water partition coefficient (Wildman–Crippen LogP) is 4.27. The first kappa shape index (κ1) is 18.4. The number of ether oxygens (including phenoxy) is 1. The summed E-state index contributed by atoms with van der Waals surface area (Å²) in [7, 11) is 0. The molecule has 2 aliphatic rings. The third kappa shape index (κ3) is 5.30. The van der Waals surface area contributed by atoms with Crippen molar-refractivity contribution in [1.82, 2.24) is 9.97 Å². The number of thioether (sulfide) groups is 1. The zero-order chi connectivity index (χ0) is 18.5. The largest absolute Gasteiger partial charge is 0.381 e. The Bertz CT molecular complexity index is 744. The topological polar surface area (TPSA) is 64.1 Å². The molecule has 1 aromatic carbocycles. The summed E-state index contributed by atoms with van der Waals surface area (Å²) in [6, 6.07) is 10.3. The van der Waals surface area contributed by atoms with Crippen LogP contribution in [0.2, 0.25) is 0 Å². The van der Waals surface area contributed by atoms with Crippen molar-refractivity contribution in [2.45, 2.75) is 48.2 Å². The summed E-state index contributed by atoms with van der Waals surface area (Å²) < 4.78 is 5.48. The quantitative estimate of drug-likeness (QED) is 0.773. The molecule has 2 fully saturated rings. The zero-order valence-electron chi connectivity index (χ0n) is 15.3. The van der Waals surface area contributed by atoms with Crippen molar-refractivity contribution in [1.29, 1.82) is 0 Å². The van der Waals surface area contributed by atoms with Gasteiger partial charge in [-0.25, -0.2) is 9.97 Å². The Balaban J connectivity index is 1.49. The summed E-state index contributed by atoms with van der Waals surface area (Å²) in [5.41, 5.74) is 1.08. The van der Waals surface area contributed by atoms with Crippen LogP contribution >= 0.6 is 11.8 Å². The Morgan fingerprint density at radius 3 is 2.59 bits per heavy atom. The molecule has 5 nitrogen and oxygen atoms in total. The normalized spacial score (nSPS) is 18.8. The minimum absolute atomic E-state index is 0.00258. The molecule has 1 saturated heterocycles. The van der Waals surface area contributed by atoms with Gasteiger partial charge in [0.1, 0.15) is 12.1 Å². The molecule has 1 amide bonds. The fourth-order valence-electron chi connectivity index (χ4n) is 3.44. The number of nitrogens with one attached hydrogen (secondary N) is 1. The van der Waals surface area contributed by atoms with Crippen LogP contribution in [0.5, 0.6) is 0 Å². The fraction of sp³-hybridized carbons (Fsp3) is 0.476. The monoisotopic (exact) mass is 383 g/mol. The molecule has 1 aliphatic carbocycles. The van der Waals surface area contributed by atoms with Crippen LogP contribution in [0.3, 0.4) is 0 Å². The molecular weight excluding hydrogens is 358 g/mol. The van der Waals surface area contributed by atoms with E-state index in [9.17, 15) is 4.79 Å². The molecule has 1 saturated carbocycles. The van der Waals surface area contributed by atoms with E-state index in [0.29, 0.717) is 11.7 Å². The summed E-state index contributed by atoms with van der Waals surface area (Å²) in [5, 5.41) is 3.75. The molecule has 0 bridgehead atoms. The van der Waals surface area contributed by atoms with E-state index in [0.717, 1.165) is 43.3 Å². The van der Waals surface area contributed by atoms with Crippen LogP contribution in [0, 0.1) is 5.92 Å². The third-order valence-electron chi connectivity index (χ3n) is 5.17. The molecule has 2 aromatic rings. The summed E-state index contributed by atoms with van der Waals surface area (Å²) in [5.74, 6) is 0.888. The van der Waals surface area contributed by atoms with Gasteiger partial charge < -0.3 is 10.1 Å². The fourth-order valence-corrected chi connectivity index (χ4v) is 4.49. The number of carbonyl (C=O) groups is 1. The van der Waals surface area contributed by atoms with E-state index in [-0.39, 0.29) is 11.8 Å². The van der Waals surface area contributed by atoms with Crippen molar-refractivity contribution >= 4 is 23.5 Å². The molecular formula is C21H25N3O2S.